The molecule has 2 rings (SSSR count). The number of rotatable bonds is 6. The van der Waals surface area contributed by atoms with Crippen LogP contribution >= 0.6 is 12.4 Å². The molecular weight excluding hydrogens is 328 g/mol. The van der Waals surface area contributed by atoms with E-state index in [1.807, 2.05) is 20.0 Å². The first-order valence-corrected chi connectivity index (χ1v) is 8.17. The Bertz CT molecular complexity index is 574. The van der Waals surface area contributed by atoms with E-state index in [-0.39, 0.29) is 24.2 Å². The predicted molar refractivity (Wildman–Crippen MR) is 100.0 cm³/mol. The zero-order chi connectivity index (χ0) is 16.8. The van der Waals surface area contributed by atoms with Crippen LogP contribution in [-0.4, -0.2) is 38.5 Å². The fourth-order valence-electron chi connectivity index (χ4n) is 2.88. The standard InChI is InChI=1S/C17H26N4O2.ClH/c1-12(11-19-2)17(23)20-13-6-7-14(16(18)22)15(10-13)21-8-4-3-5-9-21;/h6-7,10,12,19H,3-5,8-9,11H2,1-2H3,(H2,18,22)(H,20,23);1H. The Morgan fingerprint density at radius 1 is 1.25 bits per heavy atom. The third-order valence-corrected chi connectivity index (χ3v) is 4.19. The van der Waals surface area contributed by atoms with Gasteiger partial charge < -0.3 is 21.3 Å². The maximum Gasteiger partial charge on any atom is 0.250 e. The summed E-state index contributed by atoms with van der Waals surface area (Å²) < 4.78 is 0. The molecule has 0 saturated carbocycles. The van der Waals surface area contributed by atoms with Crippen molar-refractivity contribution in [2.24, 2.45) is 11.7 Å². The van der Waals surface area contributed by atoms with E-state index in [2.05, 4.69) is 15.5 Å². The Kier molecular flexibility index (Phi) is 8.01. The van der Waals surface area contributed by atoms with Crippen molar-refractivity contribution >= 4 is 35.6 Å². The predicted octanol–water partition coefficient (Wildman–Crippen LogP) is 1.99. The lowest BCUT2D eigenvalue weighted by Crippen LogP contribution is -2.32. The number of primary amides is 1. The van der Waals surface area contributed by atoms with Crippen LogP contribution in [0.3, 0.4) is 0 Å². The van der Waals surface area contributed by atoms with Gasteiger partial charge in [-0.2, -0.15) is 0 Å². The fourth-order valence-corrected chi connectivity index (χ4v) is 2.88. The van der Waals surface area contributed by atoms with Crippen molar-refractivity contribution in [1.29, 1.82) is 0 Å². The molecule has 0 aromatic heterocycles. The van der Waals surface area contributed by atoms with Gasteiger partial charge in [0.15, 0.2) is 0 Å². The van der Waals surface area contributed by atoms with E-state index in [0.29, 0.717) is 17.8 Å². The Hall–Kier alpha value is -1.79. The second kappa shape index (κ2) is 9.49. The van der Waals surface area contributed by atoms with Gasteiger partial charge in [-0.25, -0.2) is 0 Å². The first-order valence-electron chi connectivity index (χ1n) is 8.17. The van der Waals surface area contributed by atoms with E-state index in [1.165, 1.54) is 6.42 Å². The van der Waals surface area contributed by atoms with Gasteiger partial charge in [-0.15, -0.1) is 12.4 Å². The summed E-state index contributed by atoms with van der Waals surface area (Å²) in [4.78, 5) is 26.0. The molecule has 1 fully saturated rings. The van der Waals surface area contributed by atoms with Gasteiger partial charge in [0.2, 0.25) is 5.91 Å². The van der Waals surface area contributed by atoms with Crippen LogP contribution in [0.25, 0.3) is 0 Å². The maximum absolute atomic E-state index is 12.2. The second-order valence-corrected chi connectivity index (χ2v) is 6.09. The number of hydrogen-bond acceptors (Lipinski definition) is 4. The third kappa shape index (κ3) is 5.11. The summed E-state index contributed by atoms with van der Waals surface area (Å²) in [7, 11) is 1.82. The molecule has 1 aliphatic heterocycles. The number of carbonyl (C=O) groups excluding carboxylic acids is 2. The van der Waals surface area contributed by atoms with Gasteiger partial charge in [-0.1, -0.05) is 6.92 Å². The number of carbonyl (C=O) groups is 2. The van der Waals surface area contributed by atoms with Gasteiger partial charge in [0.05, 0.1) is 11.3 Å². The topological polar surface area (TPSA) is 87.5 Å². The Labute approximate surface area is 149 Å². The molecule has 1 heterocycles. The first-order chi connectivity index (χ1) is 11.0. The van der Waals surface area contributed by atoms with Crippen LogP contribution in [0, 0.1) is 5.92 Å². The number of anilines is 2. The molecule has 1 atom stereocenters. The van der Waals surface area contributed by atoms with E-state index in [9.17, 15) is 9.59 Å². The van der Waals surface area contributed by atoms with Crippen LogP contribution in [-0.2, 0) is 4.79 Å². The molecule has 1 aromatic rings. The highest BCUT2D eigenvalue weighted by Gasteiger charge is 2.19. The Morgan fingerprint density at radius 3 is 2.50 bits per heavy atom. The minimum Gasteiger partial charge on any atom is -0.371 e. The lowest BCUT2D eigenvalue weighted by molar-refractivity contribution is -0.119. The molecule has 24 heavy (non-hydrogen) atoms. The molecule has 0 aliphatic carbocycles. The molecule has 6 nitrogen and oxygen atoms in total. The van der Waals surface area contributed by atoms with Crippen molar-refractivity contribution in [3.05, 3.63) is 23.8 Å². The van der Waals surface area contributed by atoms with Gasteiger partial charge in [0, 0.05) is 31.2 Å². The SMILES string of the molecule is CNCC(C)C(=O)Nc1ccc(C(N)=O)c(N2CCCCC2)c1.Cl. The average Bonchev–Trinajstić information content (AvgIpc) is 2.55. The van der Waals surface area contributed by atoms with Gasteiger partial charge in [-0.05, 0) is 44.5 Å². The van der Waals surface area contributed by atoms with Crippen LogP contribution < -0.4 is 21.3 Å². The second-order valence-electron chi connectivity index (χ2n) is 6.09. The fraction of sp³-hybridized carbons (Fsp3) is 0.529. The molecule has 0 bridgehead atoms. The van der Waals surface area contributed by atoms with Crippen LogP contribution in [0.1, 0.15) is 36.5 Å². The number of piperidine rings is 1. The van der Waals surface area contributed by atoms with Crippen molar-refractivity contribution in [2.45, 2.75) is 26.2 Å². The van der Waals surface area contributed by atoms with Crippen molar-refractivity contribution in [3.63, 3.8) is 0 Å². The summed E-state index contributed by atoms with van der Waals surface area (Å²) in [6, 6.07) is 5.29. The molecule has 7 heteroatoms. The van der Waals surface area contributed by atoms with Crippen molar-refractivity contribution in [3.8, 4) is 0 Å². The molecule has 2 amide bonds. The number of nitrogens with two attached hydrogens (primary N) is 1. The van der Waals surface area contributed by atoms with Gasteiger partial charge in [0.25, 0.3) is 5.91 Å². The number of halogens is 1. The number of benzene rings is 1. The van der Waals surface area contributed by atoms with Gasteiger partial charge in [0.1, 0.15) is 0 Å². The molecule has 0 spiro atoms. The summed E-state index contributed by atoms with van der Waals surface area (Å²) in [5, 5.41) is 5.91. The van der Waals surface area contributed by atoms with Crippen molar-refractivity contribution < 1.29 is 9.59 Å². The summed E-state index contributed by atoms with van der Waals surface area (Å²) in [6.07, 6.45) is 3.42. The highest BCUT2D eigenvalue weighted by atomic mass is 35.5. The van der Waals surface area contributed by atoms with Crippen LogP contribution in [0.2, 0.25) is 0 Å². The van der Waals surface area contributed by atoms with E-state index >= 15 is 0 Å². The molecule has 1 aliphatic rings. The third-order valence-electron chi connectivity index (χ3n) is 4.19. The highest BCUT2D eigenvalue weighted by molar-refractivity contribution is 6.00. The van der Waals surface area contributed by atoms with E-state index in [0.717, 1.165) is 31.6 Å². The highest BCUT2D eigenvalue weighted by Crippen LogP contribution is 2.27. The zero-order valence-electron chi connectivity index (χ0n) is 14.3. The number of nitrogens with zero attached hydrogens (tertiary/aromatic N) is 1. The van der Waals surface area contributed by atoms with Crippen molar-refractivity contribution in [2.75, 3.05) is 36.9 Å². The molecular formula is C17H27ClN4O2. The molecule has 4 N–H and O–H groups in total. The molecule has 1 unspecified atom stereocenters. The first kappa shape index (κ1) is 20.3. The van der Waals surface area contributed by atoms with E-state index < -0.39 is 5.91 Å². The van der Waals surface area contributed by atoms with Crippen LogP contribution in [0.4, 0.5) is 11.4 Å². The lowest BCUT2D eigenvalue weighted by atomic mass is 10.1. The number of amides is 2. The van der Waals surface area contributed by atoms with Crippen LogP contribution in [0.15, 0.2) is 18.2 Å². The lowest BCUT2D eigenvalue weighted by Gasteiger charge is -2.30. The Morgan fingerprint density at radius 2 is 1.92 bits per heavy atom. The number of nitrogens with one attached hydrogen (secondary N) is 2. The summed E-state index contributed by atoms with van der Waals surface area (Å²) in [6.45, 7) is 4.31. The van der Waals surface area contributed by atoms with E-state index in [1.54, 1.807) is 12.1 Å². The average molecular weight is 355 g/mol. The summed E-state index contributed by atoms with van der Waals surface area (Å²) in [5.41, 5.74) is 7.52. The molecule has 1 aromatic carbocycles. The largest absolute Gasteiger partial charge is 0.371 e. The summed E-state index contributed by atoms with van der Waals surface area (Å²) in [5.74, 6) is -0.614. The zero-order valence-corrected chi connectivity index (χ0v) is 15.1. The van der Waals surface area contributed by atoms with Gasteiger partial charge >= 0.3 is 0 Å². The number of hydrogen-bond donors (Lipinski definition) is 3. The Balaban J connectivity index is 0.00000288. The van der Waals surface area contributed by atoms with Crippen molar-refractivity contribution in [1.82, 2.24) is 5.32 Å². The maximum atomic E-state index is 12.2. The molecule has 134 valence electrons. The van der Waals surface area contributed by atoms with E-state index in [4.69, 9.17) is 5.73 Å². The molecule has 0 radical (unpaired) electrons. The van der Waals surface area contributed by atoms with Gasteiger partial charge in [-0.3, -0.25) is 9.59 Å². The summed E-state index contributed by atoms with van der Waals surface area (Å²) >= 11 is 0. The quantitative estimate of drug-likeness (QED) is 0.729. The molecule has 1 saturated heterocycles. The monoisotopic (exact) mass is 354 g/mol. The minimum absolute atomic E-state index is 0. The normalized spacial score (nSPS) is 15.3. The smallest absolute Gasteiger partial charge is 0.250 e. The minimum atomic E-state index is -0.438. The van der Waals surface area contributed by atoms with Crippen LogP contribution in [0.5, 0.6) is 0 Å².